The van der Waals surface area contributed by atoms with E-state index in [1.54, 1.807) is 0 Å². The lowest BCUT2D eigenvalue weighted by atomic mass is 9.99. The van der Waals surface area contributed by atoms with Crippen LogP contribution in [0.5, 0.6) is 0 Å². The number of amides is 2. The van der Waals surface area contributed by atoms with Crippen molar-refractivity contribution in [2.24, 2.45) is 0 Å². The number of halogens is 5. The Morgan fingerprint density at radius 2 is 1.64 bits per heavy atom. The fraction of sp³-hybridized carbons (Fsp3) is 0.444. The number of rotatable bonds is 14. The third-order valence-electron chi connectivity index (χ3n) is 5.69. The van der Waals surface area contributed by atoms with Crippen molar-refractivity contribution in [3.05, 3.63) is 70.8 Å². The number of ether oxygens (including phenoxy) is 1. The number of alkyl halides is 3. The molecule has 2 rings (SSSR count). The number of carbonyl (C=O) groups is 3. The van der Waals surface area contributed by atoms with Gasteiger partial charge in [-0.3, -0.25) is 9.59 Å². The highest BCUT2D eigenvalue weighted by molar-refractivity contribution is 5.77. The number of nitrogens with one attached hydrogen (secondary N) is 3. The molecule has 0 unspecified atom stereocenters. The Labute approximate surface area is 223 Å². The standard InChI is InChI=1S/C27H32F5N3O4/c1-3-18-6-4-7-19(10-18)15-33-16-24(39-26(38)27(30,31)32)23(13-20-11-21(28)14-22(29)12-20)35-25(37)8-5-9-34-17(2)36/h4,6-7,10-12,14,23-24,33H,3,5,8-9,13,15-16H2,1-2H3,(H,34,36)(H,35,37)/t23-,24+/m0/s1. The second-order valence-corrected chi connectivity index (χ2v) is 8.99. The molecule has 0 aliphatic carbocycles. The first-order chi connectivity index (χ1) is 18.4. The number of benzene rings is 2. The molecule has 12 heteroatoms. The Kier molecular flexibility index (Phi) is 12.3. The van der Waals surface area contributed by atoms with Crippen molar-refractivity contribution in [3.8, 4) is 0 Å². The topological polar surface area (TPSA) is 96.5 Å². The first-order valence-electron chi connectivity index (χ1n) is 12.4. The van der Waals surface area contributed by atoms with Gasteiger partial charge < -0.3 is 20.7 Å². The lowest BCUT2D eigenvalue weighted by Gasteiger charge is -2.29. The van der Waals surface area contributed by atoms with Gasteiger partial charge >= 0.3 is 12.1 Å². The van der Waals surface area contributed by atoms with Crippen molar-refractivity contribution in [1.29, 1.82) is 0 Å². The number of esters is 1. The highest BCUT2D eigenvalue weighted by atomic mass is 19.4. The summed E-state index contributed by atoms with van der Waals surface area (Å²) in [4.78, 5) is 35.4. The van der Waals surface area contributed by atoms with Gasteiger partial charge in [-0.05, 0) is 48.1 Å². The molecule has 214 valence electrons. The average Bonchev–Trinajstić information content (AvgIpc) is 2.84. The molecule has 7 nitrogen and oxygen atoms in total. The highest BCUT2D eigenvalue weighted by Crippen LogP contribution is 2.20. The van der Waals surface area contributed by atoms with Crippen LogP contribution in [0, 0.1) is 11.6 Å². The monoisotopic (exact) mass is 557 g/mol. The maximum atomic E-state index is 13.8. The third kappa shape index (κ3) is 11.8. The third-order valence-corrected chi connectivity index (χ3v) is 5.69. The quantitative estimate of drug-likeness (QED) is 0.187. The van der Waals surface area contributed by atoms with E-state index in [4.69, 9.17) is 4.74 Å². The van der Waals surface area contributed by atoms with Crippen LogP contribution in [0.15, 0.2) is 42.5 Å². The van der Waals surface area contributed by atoms with Gasteiger partial charge in [0.2, 0.25) is 11.8 Å². The Morgan fingerprint density at radius 3 is 2.26 bits per heavy atom. The van der Waals surface area contributed by atoms with Crippen molar-refractivity contribution >= 4 is 17.8 Å². The predicted molar refractivity (Wildman–Crippen MR) is 133 cm³/mol. The summed E-state index contributed by atoms with van der Waals surface area (Å²) in [6, 6.07) is 8.80. The minimum atomic E-state index is -5.30. The SMILES string of the molecule is CCc1cccc(CNC[C@@H](OC(=O)C(F)(F)F)[C@H](Cc2cc(F)cc(F)c2)NC(=O)CCCNC(C)=O)c1. The summed E-state index contributed by atoms with van der Waals surface area (Å²) in [6.45, 7) is 3.39. The van der Waals surface area contributed by atoms with Crippen LogP contribution in [0.3, 0.4) is 0 Å². The van der Waals surface area contributed by atoms with Crippen molar-refractivity contribution in [3.63, 3.8) is 0 Å². The second-order valence-electron chi connectivity index (χ2n) is 8.99. The Morgan fingerprint density at radius 1 is 0.974 bits per heavy atom. The fourth-order valence-corrected chi connectivity index (χ4v) is 3.84. The molecule has 2 aromatic carbocycles. The molecule has 3 N–H and O–H groups in total. The normalized spacial score (nSPS) is 12.9. The molecule has 0 aliphatic rings. The summed E-state index contributed by atoms with van der Waals surface area (Å²) in [5.74, 6) is -5.19. The van der Waals surface area contributed by atoms with Gasteiger partial charge in [0, 0.05) is 39.0 Å². The molecule has 0 fully saturated rings. The Hall–Kier alpha value is -3.54. The molecular weight excluding hydrogens is 525 g/mol. The van der Waals surface area contributed by atoms with E-state index < -0.39 is 41.8 Å². The van der Waals surface area contributed by atoms with Crippen LogP contribution in [-0.4, -0.2) is 49.2 Å². The zero-order valence-corrected chi connectivity index (χ0v) is 21.7. The van der Waals surface area contributed by atoms with Gasteiger partial charge in [0.05, 0.1) is 6.04 Å². The molecule has 2 aromatic rings. The number of carbonyl (C=O) groups excluding carboxylic acids is 3. The zero-order chi connectivity index (χ0) is 29.0. The van der Waals surface area contributed by atoms with Crippen molar-refractivity contribution < 1.29 is 41.1 Å². The summed E-state index contributed by atoms with van der Waals surface area (Å²) in [5.41, 5.74) is 1.92. The second kappa shape index (κ2) is 15.2. The molecule has 0 bridgehead atoms. The van der Waals surface area contributed by atoms with Gasteiger partial charge in [0.1, 0.15) is 17.7 Å². The maximum absolute atomic E-state index is 13.8. The number of aryl methyl sites for hydroxylation is 1. The molecule has 0 aromatic heterocycles. The van der Waals surface area contributed by atoms with E-state index in [2.05, 4.69) is 16.0 Å². The average molecular weight is 558 g/mol. The molecule has 39 heavy (non-hydrogen) atoms. The van der Waals surface area contributed by atoms with E-state index >= 15 is 0 Å². The van der Waals surface area contributed by atoms with Gasteiger partial charge in [0.15, 0.2) is 0 Å². The van der Waals surface area contributed by atoms with Crippen LogP contribution in [0.1, 0.15) is 43.4 Å². The molecule has 0 heterocycles. The predicted octanol–water partition coefficient (Wildman–Crippen LogP) is 3.73. The lowest BCUT2D eigenvalue weighted by molar-refractivity contribution is -0.206. The molecule has 0 aliphatic heterocycles. The fourth-order valence-electron chi connectivity index (χ4n) is 3.84. The first-order valence-corrected chi connectivity index (χ1v) is 12.4. The van der Waals surface area contributed by atoms with Crippen LogP contribution in [0.25, 0.3) is 0 Å². The Balaban J connectivity index is 2.26. The van der Waals surface area contributed by atoms with Gasteiger partial charge in [0.25, 0.3) is 0 Å². The molecular formula is C27H32F5N3O4. The smallest absolute Gasteiger partial charge is 0.452 e. The van der Waals surface area contributed by atoms with E-state index in [0.717, 1.165) is 29.7 Å². The first kappa shape index (κ1) is 31.7. The molecule has 2 amide bonds. The lowest BCUT2D eigenvalue weighted by Crippen LogP contribution is -2.51. The van der Waals surface area contributed by atoms with Crippen LogP contribution >= 0.6 is 0 Å². The highest BCUT2D eigenvalue weighted by Gasteiger charge is 2.43. The van der Waals surface area contributed by atoms with E-state index in [-0.39, 0.29) is 50.4 Å². The van der Waals surface area contributed by atoms with Crippen LogP contribution in [0.4, 0.5) is 22.0 Å². The summed E-state index contributed by atoms with van der Waals surface area (Å²) in [7, 11) is 0. The van der Waals surface area contributed by atoms with Crippen LogP contribution < -0.4 is 16.0 Å². The van der Waals surface area contributed by atoms with E-state index in [0.29, 0.717) is 6.07 Å². The van der Waals surface area contributed by atoms with E-state index in [1.807, 2.05) is 31.2 Å². The molecule has 2 atom stereocenters. The molecule has 0 spiro atoms. The zero-order valence-electron chi connectivity index (χ0n) is 21.7. The van der Waals surface area contributed by atoms with Gasteiger partial charge in [-0.2, -0.15) is 13.2 Å². The largest absolute Gasteiger partial charge is 0.490 e. The van der Waals surface area contributed by atoms with Gasteiger partial charge in [-0.1, -0.05) is 31.2 Å². The van der Waals surface area contributed by atoms with Crippen LogP contribution in [0.2, 0.25) is 0 Å². The Bertz CT molecular complexity index is 1110. The van der Waals surface area contributed by atoms with E-state index in [1.165, 1.54) is 6.92 Å². The summed E-state index contributed by atoms with van der Waals surface area (Å²) in [5, 5.41) is 8.00. The number of hydrogen-bond donors (Lipinski definition) is 3. The van der Waals surface area contributed by atoms with Gasteiger partial charge in [-0.25, -0.2) is 13.6 Å². The van der Waals surface area contributed by atoms with Crippen molar-refractivity contribution in [2.75, 3.05) is 13.1 Å². The van der Waals surface area contributed by atoms with Crippen LogP contribution in [-0.2, 0) is 38.5 Å². The van der Waals surface area contributed by atoms with Gasteiger partial charge in [-0.15, -0.1) is 0 Å². The number of hydrogen-bond acceptors (Lipinski definition) is 5. The van der Waals surface area contributed by atoms with Crippen molar-refractivity contribution in [2.45, 2.75) is 64.4 Å². The summed E-state index contributed by atoms with van der Waals surface area (Å²) >= 11 is 0. The maximum Gasteiger partial charge on any atom is 0.490 e. The molecule has 0 saturated carbocycles. The summed E-state index contributed by atoms with van der Waals surface area (Å²) in [6.07, 6.45) is -6.27. The molecule has 0 saturated heterocycles. The summed E-state index contributed by atoms with van der Waals surface area (Å²) < 4.78 is 71.7. The molecule has 0 radical (unpaired) electrons. The minimum Gasteiger partial charge on any atom is -0.452 e. The minimum absolute atomic E-state index is 0.0414. The van der Waals surface area contributed by atoms with E-state index in [9.17, 15) is 36.3 Å². The van der Waals surface area contributed by atoms with Crippen molar-refractivity contribution in [1.82, 2.24) is 16.0 Å².